The van der Waals surface area contributed by atoms with Crippen LogP contribution in [0.3, 0.4) is 0 Å². The molecule has 16 heavy (non-hydrogen) atoms. The number of unbranched alkanes of at least 4 members (excludes halogenated alkanes) is 1. The van der Waals surface area contributed by atoms with Crippen LogP contribution < -0.4 is 0 Å². The van der Waals surface area contributed by atoms with E-state index in [1.807, 2.05) is 0 Å². The maximum absolute atomic E-state index is 12.2. The second-order valence-corrected chi connectivity index (χ2v) is 3.46. The lowest BCUT2D eigenvalue weighted by Crippen LogP contribution is -2.06. The van der Waals surface area contributed by atoms with Gasteiger partial charge in [-0.2, -0.15) is 13.2 Å². The predicted octanol–water partition coefficient (Wildman–Crippen LogP) is 3.89. The Hall–Kier alpha value is -1.32. The summed E-state index contributed by atoms with van der Waals surface area (Å²) in [6, 6.07) is 4.29. The zero-order valence-corrected chi connectivity index (χ0v) is 8.68. The number of alkyl halides is 3. The molecule has 0 atom stereocenters. The van der Waals surface area contributed by atoms with Gasteiger partial charge in [-0.1, -0.05) is 25.5 Å². The summed E-state index contributed by atoms with van der Waals surface area (Å²) >= 11 is 0. The SMILES string of the molecule is [CH2]CCCC(=O)c1ccc(C(F)(F)F)cc1. The van der Waals surface area contributed by atoms with Crippen molar-refractivity contribution in [3.63, 3.8) is 0 Å². The Balaban J connectivity index is 2.75. The molecule has 1 aromatic rings. The van der Waals surface area contributed by atoms with E-state index in [2.05, 4.69) is 6.92 Å². The third kappa shape index (κ3) is 3.36. The summed E-state index contributed by atoms with van der Waals surface area (Å²) < 4.78 is 36.7. The second-order valence-electron chi connectivity index (χ2n) is 3.46. The van der Waals surface area contributed by atoms with E-state index >= 15 is 0 Å². The van der Waals surface area contributed by atoms with E-state index in [1.165, 1.54) is 12.1 Å². The van der Waals surface area contributed by atoms with Gasteiger partial charge in [0.2, 0.25) is 0 Å². The van der Waals surface area contributed by atoms with E-state index in [0.29, 0.717) is 24.8 Å². The Bertz CT molecular complexity index is 352. The van der Waals surface area contributed by atoms with Crippen LogP contribution in [0.4, 0.5) is 13.2 Å². The van der Waals surface area contributed by atoms with Gasteiger partial charge in [0, 0.05) is 12.0 Å². The molecule has 1 aromatic carbocycles. The molecule has 0 N–H and O–H groups in total. The average molecular weight is 229 g/mol. The first-order valence-electron chi connectivity index (χ1n) is 4.95. The Morgan fingerprint density at radius 3 is 2.19 bits per heavy atom. The number of carbonyl (C=O) groups is 1. The number of rotatable bonds is 4. The molecule has 0 aromatic heterocycles. The smallest absolute Gasteiger partial charge is 0.294 e. The molecule has 4 heteroatoms. The molecule has 1 rings (SSSR count). The maximum atomic E-state index is 12.2. The topological polar surface area (TPSA) is 17.1 Å². The molecule has 1 nitrogen and oxygen atoms in total. The molecule has 0 aliphatic heterocycles. The Morgan fingerprint density at radius 2 is 1.75 bits per heavy atom. The quantitative estimate of drug-likeness (QED) is 0.716. The van der Waals surface area contributed by atoms with Gasteiger partial charge in [-0.05, 0) is 18.6 Å². The van der Waals surface area contributed by atoms with Crippen molar-refractivity contribution in [3.8, 4) is 0 Å². The van der Waals surface area contributed by atoms with E-state index in [4.69, 9.17) is 0 Å². The monoisotopic (exact) mass is 229 g/mol. The zero-order chi connectivity index (χ0) is 12.2. The highest BCUT2D eigenvalue weighted by atomic mass is 19.4. The number of benzene rings is 1. The van der Waals surface area contributed by atoms with Gasteiger partial charge in [-0.25, -0.2) is 0 Å². The third-order valence-corrected chi connectivity index (χ3v) is 2.19. The van der Waals surface area contributed by atoms with E-state index < -0.39 is 11.7 Å². The first kappa shape index (κ1) is 12.7. The summed E-state index contributed by atoms with van der Waals surface area (Å²) in [7, 11) is 0. The largest absolute Gasteiger partial charge is 0.416 e. The van der Waals surface area contributed by atoms with Crippen molar-refractivity contribution in [3.05, 3.63) is 42.3 Å². The van der Waals surface area contributed by atoms with E-state index in [0.717, 1.165) is 12.1 Å². The van der Waals surface area contributed by atoms with Crippen LogP contribution >= 0.6 is 0 Å². The predicted molar refractivity (Wildman–Crippen MR) is 55.0 cm³/mol. The van der Waals surface area contributed by atoms with Crippen LogP contribution in [0.2, 0.25) is 0 Å². The minimum absolute atomic E-state index is 0.141. The van der Waals surface area contributed by atoms with Gasteiger partial charge < -0.3 is 0 Å². The highest BCUT2D eigenvalue weighted by Gasteiger charge is 2.30. The van der Waals surface area contributed by atoms with Crippen molar-refractivity contribution < 1.29 is 18.0 Å². The molecule has 0 saturated heterocycles. The van der Waals surface area contributed by atoms with Crippen molar-refractivity contribution in [2.45, 2.75) is 25.4 Å². The van der Waals surface area contributed by atoms with Crippen molar-refractivity contribution in [1.29, 1.82) is 0 Å². The maximum Gasteiger partial charge on any atom is 0.416 e. The van der Waals surface area contributed by atoms with E-state index in [1.54, 1.807) is 0 Å². The normalized spacial score (nSPS) is 11.5. The summed E-state index contributed by atoms with van der Waals surface area (Å²) in [5.74, 6) is -0.141. The van der Waals surface area contributed by atoms with Crippen molar-refractivity contribution >= 4 is 5.78 Å². The zero-order valence-electron chi connectivity index (χ0n) is 8.68. The third-order valence-electron chi connectivity index (χ3n) is 2.19. The lowest BCUT2D eigenvalue weighted by atomic mass is 10.0. The standard InChI is InChI=1S/C12H12F3O/c1-2-3-4-11(16)9-5-7-10(8-6-9)12(13,14)15/h5-8H,1-4H2. The molecular formula is C12H12F3O. The summed E-state index contributed by atoms with van der Waals surface area (Å²) in [4.78, 5) is 11.5. The minimum Gasteiger partial charge on any atom is -0.294 e. The van der Waals surface area contributed by atoms with Crippen LogP contribution in [0.25, 0.3) is 0 Å². The van der Waals surface area contributed by atoms with Crippen molar-refractivity contribution in [2.75, 3.05) is 0 Å². The molecular weight excluding hydrogens is 217 g/mol. The Labute approximate surface area is 92.3 Å². The number of hydrogen-bond donors (Lipinski definition) is 0. The van der Waals surface area contributed by atoms with Crippen LogP contribution in [-0.2, 0) is 6.18 Å². The fourth-order valence-electron chi connectivity index (χ4n) is 1.27. The number of halogens is 3. The second kappa shape index (κ2) is 5.14. The van der Waals surface area contributed by atoms with Crippen LogP contribution in [-0.4, -0.2) is 5.78 Å². The van der Waals surface area contributed by atoms with Gasteiger partial charge in [0.15, 0.2) is 5.78 Å². The summed E-state index contributed by atoms with van der Waals surface area (Å²) in [6.07, 6.45) is -2.73. The van der Waals surface area contributed by atoms with E-state index in [-0.39, 0.29) is 5.78 Å². The molecule has 0 saturated carbocycles. The molecule has 1 radical (unpaired) electrons. The van der Waals surface area contributed by atoms with Crippen LogP contribution in [0, 0.1) is 6.92 Å². The number of ketones is 1. The fraction of sp³-hybridized carbons (Fsp3) is 0.333. The number of hydrogen-bond acceptors (Lipinski definition) is 1. The first-order valence-corrected chi connectivity index (χ1v) is 4.95. The molecule has 0 amide bonds. The lowest BCUT2D eigenvalue weighted by Gasteiger charge is -2.06. The molecule has 87 valence electrons. The number of carbonyl (C=O) groups excluding carboxylic acids is 1. The van der Waals surface area contributed by atoms with Crippen molar-refractivity contribution in [1.82, 2.24) is 0 Å². The summed E-state index contributed by atoms with van der Waals surface area (Å²) in [5, 5.41) is 0. The van der Waals surface area contributed by atoms with Gasteiger partial charge >= 0.3 is 6.18 Å². The molecule has 0 heterocycles. The summed E-state index contributed by atoms with van der Waals surface area (Å²) in [5.41, 5.74) is -0.414. The Morgan fingerprint density at radius 1 is 1.19 bits per heavy atom. The molecule has 0 fully saturated rings. The molecule has 0 aliphatic rings. The Kier molecular flexibility index (Phi) is 4.10. The molecule has 0 aliphatic carbocycles. The van der Waals surface area contributed by atoms with Gasteiger partial charge in [0.25, 0.3) is 0 Å². The minimum atomic E-state index is -4.35. The van der Waals surface area contributed by atoms with Crippen LogP contribution in [0.5, 0.6) is 0 Å². The van der Waals surface area contributed by atoms with Crippen LogP contribution in [0.1, 0.15) is 35.2 Å². The number of Topliss-reactive ketones (excluding diaryl/α,β-unsaturated/α-hetero) is 1. The highest BCUT2D eigenvalue weighted by Crippen LogP contribution is 2.29. The molecule has 0 bridgehead atoms. The van der Waals surface area contributed by atoms with Gasteiger partial charge in [0.1, 0.15) is 0 Å². The van der Waals surface area contributed by atoms with E-state index in [9.17, 15) is 18.0 Å². The molecule has 0 spiro atoms. The van der Waals surface area contributed by atoms with Crippen LogP contribution in [0.15, 0.2) is 24.3 Å². The lowest BCUT2D eigenvalue weighted by molar-refractivity contribution is -0.137. The first-order chi connectivity index (χ1) is 7.45. The van der Waals surface area contributed by atoms with Gasteiger partial charge in [-0.15, -0.1) is 0 Å². The van der Waals surface area contributed by atoms with Gasteiger partial charge in [-0.3, -0.25) is 4.79 Å². The van der Waals surface area contributed by atoms with Gasteiger partial charge in [0.05, 0.1) is 5.56 Å². The fourth-order valence-corrected chi connectivity index (χ4v) is 1.27. The molecule has 0 unspecified atom stereocenters. The summed E-state index contributed by atoms with van der Waals surface area (Å²) in [6.45, 7) is 3.60. The highest BCUT2D eigenvalue weighted by molar-refractivity contribution is 5.96. The average Bonchev–Trinajstić information content (AvgIpc) is 2.25. The van der Waals surface area contributed by atoms with Crippen molar-refractivity contribution in [2.24, 2.45) is 0 Å².